The Balaban J connectivity index is 1.81. The van der Waals surface area contributed by atoms with Crippen LogP contribution in [-0.2, 0) is 12.8 Å². The van der Waals surface area contributed by atoms with Gasteiger partial charge >= 0.3 is 0 Å². The van der Waals surface area contributed by atoms with Gasteiger partial charge in [-0.15, -0.1) is 0 Å². The number of aryl methyl sites for hydroxylation is 1. The lowest BCUT2D eigenvalue weighted by molar-refractivity contribution is 0.555. The van der Waals surface area contributed by atoms with Gasteiger partial charge in [0, 0.05) is 18.8 Å². The van der Waals surface area contributed by atoms with Gasteiger partial charge < -0.3 is 10.2 Å². The first-order valence-corrected chi connectivity index (χ1v) is 6.32. The molecule has 2 heterocycles. The van der Waals surface area contributed by atoms with Gasteiger partial charge in [0.15, 0.2) is 10.7 Å². The Morgan fingerprint density at radius 3 is 3.11 bits per heavy atom. The Labute approximate surface area is 107 Å². The highest BCUT2D eigenvalue weighted by Gasteiger charge is 2.08. The van der Waals surface area contributed by atoms with Crippen molar-refractivity contribution in [3.8, 4) is 0 Å². The van der Waals surface area contributed by atoms with Crippen molar-refractivity contribution in [2.75, 3.05) is 5.73 Å². The molecule has 0 bridgehead atoms. The molecular weight excluding hydrogens is 250 g/mol. The SMILES string of the molecule is Cn1ncnc1SCc1nc2ccc(N)cc2o1. The number of hydrogen-bond acceptors (Lipinski definition) is 6. The van der Waals surface area contributed by atoms with E-state index in [9.17, 15) is 0 Å². The molecule has 0 atom stereocenters. The number of aromatic nitrogens is 4. The van der Waals surface area contributed by atoms with Crippen LogP contribution in [0.15, 0.2) is 34.1 Å². The van der Waals surface area contributed by atoms with E-state index in [-0.39, 0.29) is 0 Å². The second-order valence-corrected chi connectivity index (χ2v) is 4.73. The lowest BCUT2D eigenvalue weighted by atomic mass is 10.3. The van der Waals surface area contributed by atoms with Crippen LogP contribution in [0.2, 0.25) is 0 Å². The predicted molar refractivity (Wildman–Crippen MR) is 69.0 cm³/mol. The summed E-state index contributed by atoms with van der Waals surface area (Å²) >= 11 is 1.53. The summed E-state index contributed by atoms with van der Waals surface area (Å²) in [5, 5.41) is 4.83. The molecule has 0 unspecified atom stereocenters. The lowest BCUT2D eigenvalue weighted by Gasteiger charge is -1.96. The fraction of sp³-hybridized carbons (Fsp3) is 0.182. The normalized spacial score (nSPS) is 11.2. The van der Waals surface area contributed by atoms with Crippen LogP contribution in [0.4, 0.5) is 5.69 Å². The maximum atomic E-state index is 5.69. The van der Waals surface area contributed by atoms with Crippen LogP contribution in [0.1, 0.15) is 5.89 Å². The summed E-state index contributed by atoms with van der Waals surface area (Å²) in [6.07, 6.45) is 1.52. The van der Waals surface area contributed by atoms with Gasteiger partial charge in [0.25, 0.3) is 0 Å². The highest BCUT2D eigenvalue weighted by molar-refractivity contribution is 7.98. The summed E-state index contributed by atoms with van der Waals surface area (Å²) < 4.78 is 7.33. The number of thioether (sulfide) groups is 1. The fourth-order valence-corrected chi connectivity index (χ4v) is 2.32. The van der Waals surface area contributed by atoms with Gasteiger partial charge in [-0.1, -0.05) is 11.8 Å². The Kier molecular flexibility index (Phi) is 2.67. The summed E-state index contributed by atoms with van der Waals surface area (Å²) in [4.78, 5) is 8.51. The molecule has 0 radical (unpaired) electrons. The largest absolute Gasteiger partial charge is 0.440 e. The minimum absolute atomic E-state index is 0.612. The summed E-state index contributed by atoms with van der Waals surface area (Å²) in [6.45, 7) is 0. The average molecular weight is 261 g/mol. The lowest BCUT2D eigenvalue weighted by Crippen LogP contribution is -1.93. The van der Waals surface area contributed by atoms with Crippen molar-refractivity contribution in [3.63, 3.8) is 0 Å². The van der Waals surface area contributed by atoms with E-state index in [1.54, 1.807) is 10.7 Å². The molecule has 0 aliphatic heterocycles. The van der Waals surface area contributed by atoms with E-state index in [0.717, 1.165) is 10.7 Å². The van der Waals surface area contributed by atoms with E-state index in [1.165, 1.54) is 18.1 Å². The number of oxazole rings is 1. The molecule has 92 valence electrons. The van der Waals surface area contributed by atoms with Gasteiger partial charge in [0.2, 0.25) is 5.89 Å². The zero-order chi connectivity index (χ0) is 12.5. The molecular formula is C11H11N5OS. The second kappa shape index (κ2) is 4.34. The standard InChI is InChI=1S/C11H11N5OS/c1-16-11(13-6-14-16)18-5-10-15-8-3-2-7(12)4-9(8)17-10/h2-4,6H,5,12H2,1H3. The summed E-state index contributed by atoms with van der Waals surface area (Å²) in [6, 6.07) is 5.44. The quantitative estimate of drug-likeness (QED) is 0.572. The van der Waals surface area contributed by atoms with Crippen molar-refractivity contribution in [3.05, 3.63) is 30.4 Å². The molecule has 2 N–H and O–H groups in total. The molecule has 3 aromatic rings. The highest BCUT2D eigenvalue weighted by atomic mass is 32.2. The van der Waals surface area contributed by atoms with Gasteiger partial charge in [-0.2, -0.15) is 5.10 Å². The first kappa shape index (κ1) is 11.1. The molecule has 3 rings (SSSR count). The van der Waals surface area contributed by atoms with E-state index in [4.69, 9.17) is 10.2 Å². The van der Waals surface area contributed by atoms with Crippen LogP contribution in [0, 0.1) is 0 Å². The highest BCUT2D eigenvalue weighted by Crippen LogP contribution is 2.23. The number of rotatable bonds is 3. The molecule has 2 aromatic heterocycles. The number of fused-ring (bicyclic) bond motifs is 1. The Morgan fingerprint density at radius 1 is 1.44 bits per heavy atom. The molecule has 0 aliphatic carbocycles. The van der Waals surface area contributed by atoms with Crippen molar-refractivity contribution >= 4 is 28.5 Å². The Morgan fingerprint density at radius 2 is 2.33 bits per heavy atom. The molecule has 7 heteroatoms. The zero-order valence-corrected chi connectivity index (χ0v) is 10.5. The van der Waals surface area contributed by atoms with Crippen LogP contribution >= 0.6 is 11.8 Å². The first-order valence-electron chi connectivity index (χ1n) is 5.34. The van der Waals surface area contributed by atoms with Gasteiger partial charge in [0.05, 0.1) is 5.75 Å². The van der Waals surface area contributed by atoms with E-state index in [0.29, 0.717) is 22.9 Å². The van der Waals surface area contributed by atoms with Gasteiger partial charge in [-0.05, 0) is 12.1 Å². The molecule has 0 spiro atoms. The molecule has 0 amide bonds. The van der Waals surface area contributed by atoms with Crippen molar-refractivity contribution in [2.45, 2.75) is 10.9 Å². The summed E-state index contributed by atoms with van der Waals surface area (Å²) in [5.74, 6) is 1.27. The first-order chi connectivity index (χ1) is 8.72. The van der Waals surface area contributed by atoms with Crippen molar-refractivity contribution in [1.29, 1.82) is 0 Å². The molecule has 1 aromatic carbocycles. The van der Waals surface area contributed by atoms with Crippen molar-refractivity contribution in [1.82, 2.24) is 19.7 Å². The molecule has 0 saturated heterocycles. The van der Waals surface area contributed by atoms with Crippen molar-refractivity contribution < 1.29 is 4.42 Å². The topological polar surface area (TPSA) is 82.8 Å². The minimum Gasteiger partial charge on any atom is -0.440 e. The summed E-state index contributed by atoms with van der Waals surface area (Å²) in [7, 11) is 1.85. The van der Waals surface area contributed by atoms with E-state index >= 15 is 0 Å². The van der Waals surface area contributed by atoms with E-state index in [1.807, 2.05) is 19.2 Å². The smallest absolute Gasteiger partial charge is 0.205 e. The van der Waals surface area contributed by atoms with Crippen LogP contribution in [0.25, 0.3) is 11.1 Å². The van der Waals surface area contributed by atoms with Crippen molar-refractivity contribution in [2.24, 2.45) is 7.05 Å². The van der Waals surface area contributed by atoms with Gasteiger partial charge in [-0.3, -0.25) is 0 Å². The van der Waals surface area contributed by atoms with Crippen LogP contribution in [-0.4, -0.2) is 19.7 Å². The fourth-order valence-electron chi connectivity index (χ4n) is 1.59. The maximum absolute atomic E-state index is 5.69. The number of hydrogen-bond donors (Lipinski definition) is 1. The number of anilines is 1. The van der Waals surface area contributed by atoms with Crippen LogP contribution < -0.4 is 5.73 Å². The number of nitrogens with zero attached hydrogens (tertiary/aromatic N) is 4. The number of benzene rings is 1. The van der Waals surface area contributed by atoms with E-state index in [2.05, 4.69) is 15.1 Å². The number of nitrogen functional groups attached to an aromatic ring is 1. The van der Waals surface area contributed by atoms with Gasteiger partial charge in [-0.25, -0.2) is 14.6 Å². The molecule has 6 nitrogen and oxygen atoms in total. The predicted octanol–water partition coefficient (Wildman–Crippen LogP) is 1.83. The average Bonchev–Trinajstić information content (AvgIpc) is 2.92. The van der Waals surface area contributed by atoms with Gasteiger partial charge in [0.1, 0.15) is 11.8 Å². The molecule has 0 saturated carbocycles. The third-order valence-corrected chi connectivity index (χ3v) is 3.47. The monoisotopic (exact) mass is 261 g/mol. The minimum atomic E-state index is 0.612. The zero-order valence-electron chi connectivity index (χ0n) is 9.70. The maximum Gasteiger partial charge on any atom is 0.205 e. The summed E-state index contributed by atoms with van der Waals surface area (Å²) in [5.41, 5.74) is 7.89. The second-order valence-electron chi connectivity index (χ2n) is 3.79. The third kappa shape index (κ3) is 2.04. The Hall–Kier alpha value is -2.02. The Bertz CT molecular complexity index is 690. The number of nitrogens with two attached hydrogens (primary N) is 1. The molecule has 0 fully saturated rings. The van der Waals surface area contributed by atoms with Crippen LogP contribution in [0.5, 0.6) is 0 Å². The molecule has 0 aliphatic rings. The van der Waals surface area contributed by atoms with E-state index < -0.39 is 0 Å². The van der Waals surface area contributed by atoms with Crippen LogP contribution in [0.3, 0.4) is 0 Å². The third-order valence-electron chi connectivity index (χ3n) is 2.45. The molecule has 18 heavy (non-hydrogen) atoms.